The third-order valence-electron chi connectivity index (χ3n) is 2.52. The predicted molar refractivity (Wildman–Crippen MR) is 84.4 cm³/mol. The molecule has 0 fully saturated rings. The molecule has 106 valence electrons. The maximum Gasteiger partial charge on any atom is 0.141 e. The molecule has 2 aromatic rings. The van der Waals surface area contributed by atoms with Crippen LogP contribution in [0.4, 0.5) is 5.82 Å². The van der Waals surface area contributed by atoms with Crippen LogP contribution in [0.5, 0.6) is 0 Å². The number of thioether (sulfide) groups is 1. The molecule has 2 aromatic heterocycles. The summed E-state index contributed by atoms with van der Waals surface area (Å²) in [7, 11) is 0. The highest BCUT2D eigenvalue weighted by molar-refractivity contribution is 7.98. The fourth-order valence-electron chi connectivity index (χ4n) is 1.65. The summed E-state index contributed by atoms with van der Waals surface area (Å²) in [4.78, 5) is 13.2. The number of anilines is 1. The van der Waals surface area contributed by atoms with Gasteiger partial charge in [0.25, 0.3) is 0 Å². The average Bonchev–Trinajstić information content (AvgIpc) is 2.44. The van der Waals surface area contributed by atoms with Crippen LogP contribution in [0.3, 0.4) is 0 Å². The van der Waals surface area contributed by atoms with E-state index in [0.29, 0.717) is 10.8 Å². The number of pyridine rings is 1. The molecule has 0 saturated carbocycles. The number of halogens is 1. The number of nitrogens with one attached hydrogen (secondary N) is 1. The first-order valence-electron chi connectivity index (χ1n) is 6.50. The van der Waals surface area contributed by atoms with Gasteiger partial charge in [-0.25, -0.2) is 15.0 Å². The molecule has 0 atom stereocenters. The average molecular weight is 309 g/mol. The van der Waals surface area contributed by atoms with Crippen molar-refractivity contribution in [3.8, 4) is 0 Å². The van der Waals surface area contributed by atoms with Gasteiger partial charge in [-0.2, -0.15) is 0 Å². The van der Waals surface area contributed by atoms with Gasteiger partial charge >= 0.3 is 0 Å². The van der Waals surface area contributed by atoms with Crippen LogP contribution in [-0.4, -0.2) is 21.5 Å². The van der Waals surface area contributed by atoms with Crippen molar-refractivity contribution in [2.24, 2.45) is 0 Å². The van der Waals surface area contributed by atoms with Gasteiger partial charge < -0.3 is 5.32 Å². The number of aryl methyl sites for hydroxylation is 1. The quantitative estimate of drug-likeness (QED) is 0.819. The molecule has 0 aliphatic heterocycles. The fourth-order valence-corrected chi connectivity index (χ4v) is 2.67. The van der Waals surface area contributed by atoms with Crippen molar-refractivity contribution in [3.63, 3.8) is 0 Å². The van der Waals surface area contributed by atoms with Crippen LogP contribution in [0, 0.1) is 6.92 Å². The lowest BCUT2D eigenvalue weighted by molar-refractivity contribution is 0.940. The first-order chi connectivity index (χ1) is 9.69. The summed E-state index contributed by atoms with van der Waals surface area (Å²) in [5.74, 6) is 2.32. The Morgan fingerprint density at radius 1 is 1.35 bits per heavy atom. The van der Waals surface area contributed by atoms with E-state index in [-0.39, 0.29) is 0 Å². The summed E-state index contributed by atoms with van der Waals surface area (Å²) in [5, 5.41) is 4.75. The largest absolute Gasteiger partial charge is 0.370 e. The topological polar surface area (TPSA) is 50.7 Å². The van der Waals surface area contributed by atoms with Crippen molar-refractivity contribution in [1.82, 2.24) is 15.0 Å². The zero-order valence-corrected chi connectivity index (χ0v) is 13.1. The highest BCUT2D eigenvalue weighted by Gasteiger charge is 2.06. The van der Waals surface area contributed by atoms with Crippen LogP contribution in [0.15, 0.2) is 29.4 Å². The number of hydrogen-bond donors (Lipinski definition) is 1. The van der Waals surface area contributed by atoms with E-state index in [4.69, 9.17) is 11.6 Å². The second-order valence-electron chi connectivity index (χ2n) is 4.32. The van der Waals surface area contributed by atoms with Crippen molar-refractivity contribution in [1.29, 1.82) is 0 Å². The van der Waals surface area contributed by atoms with Gasteiger partial charge in [-0.1, -0.05) is 30.3 Å². The monoisotopic (exact) mass is 308 g/mol. The smallest absolute Gasteiger partial charge is 0.141 e. The minimum absolute atomic E-state index is 0.652. The van der Waals surface area contributed by atoms with Gasteiger partial charge in [0.1, 0.15) is 16.7 Å². The van der Waals surface area contributed by atoms with E-state index >= 15 is 0 Å². The molecule has 0 radical (unpaired) electrons. The van der Waals surface area contributed by atoms with E-state index in [1.54, 1.807) is 18.0 Å². The highest BCUT2D eigenvalue weighted by atomic mass is 35.5. The molecule has 0 bridgehead atoms. The first kappa shape index (κ1) is 15.1. The van der Waals surface area contributed by atoms with Crippen LogP contribution in [0.1, 0.15) is 24.9 Å². The van der Waals surface area contributed by atoms with Crippen LogP contribution >= 0.6 is 23.4 Å². The molecule has 0 saturated heterocycles. The lowest BCUT2D eigenvalue weighted by Crippen LogP contribution is -2.05. The van der Waals surface area contributed by atoms with Gasteiger partial charge in [-0.05, 0) is 25.5 Å². The SMILES string of the molecule is CCCNc1cc(C)nc(CSc2ncccc2Cl)n1. The van der Waals surface area contributed by atoms with Crippen molar-refractivity contribution in [3.05, 3.63) is 40.9 Å². The van der Waals surface area contributed by atoms with Crippen molar-refractivity contribution in [2.75, 3.05) is 11.9 Å². The van der Waals surface area contributed by atoms with Crippen molar-refractivity contribution >= 4 is 29.2 Å². The molecule has 1 N–H and O–H groups in total. The summed E-state index contributed by atoms with van der Waals surface area (Å²) in [6, 6.07) is 5.61. The van der Waals surface area contributed by atoms with Gasteiger partial charge in [0.2, 0.25) is 0 Å². The van der Waals surface area contributed by atoms with E-state index in [1.807, 2.05) is 25.1 Å². The second-order valence-corrected chi connectivity index (χ2v) is 5.69. The summed E-state index contributed by atoms with van der Waals surface area (Å²) in [6.07, 6.45) is 2.80. The summed E-state index contributed by atoms with van der Waals surface area (Å²) in [5.41, 5.74) is 0.960. The van der Waals surface area contributed by atoms with E-state index in [0.717, 1.165) is 35.3 Å². The van der Waals surface area contributed by atoms with E-state index < -0.39 is 0 Å². The van der Waals surface area contributed by atoms with E-state index in [2.05, 4.69) is 27.2 Å². The first-order valence-corrected chi connectivity index (χ1v) is 7.87. The molecule has 4 nitrogen and oxygen atoms in total. The Kier molecular flexibility index (Phi) is 5.61. The minimum Gasteiger partial charge on any atom is -0.370 e. The van der Waals surface area contributed by atoms with E-state index in [1.165, 1.54) is 0 Å². The maximum atomic E-state index is 6.09. The summed E-state index contributed by atoms with van der Waals surface area (Å²) >= 11 is 7.63. The Balaban J connectivity index is 2.05. The Hall–Kier alpha value is -1.33. The van der Waals surface area contributed by atoms with E-state index in [9.17, 15) is 0 Å². The van der Waals surface area contributed by atoms with Crippen LogP contribution in [0.25, 0.3) is 0 Å². The highest BCUT2D eigenvalue weighted by Crippen LogP contribution is 2.26. The molecule has 0 unspecified atom stereocenters. The third kappa shape index (κ3) is 4.35. The fraction of sp³-hybridized carbons (Fsp3) is 0.357. The Labute approximate surface area is 128 Å². The van der Waals surface area contributed by atoms with Gasteiger partial charge in [-0.15, -0.1) is 0 Å². The summed E-state index contributed by atoms with van der Waals surface area (Å²) < 4.78 is 0. The summed E-state index contributed by atoms with van der Waals surface area (Å²) in [6.45, 7) is 5.01. The number of hydrogen-bond acceptors (Lipinski definition) is 5. The predicted octanol–water partition coefficient (Wildman–Crippen LogP) is 3.95. The third-order valence-corrected chi connectivity index (χ3v) is 3.94. The standard InChI is InChI=1S/C14H17ClN4S/c1-3-6-16-12-8-10(2)18-13(19-12)9-20-14-11(15)5-4-7-17-14/h4-5,7-8H,3,6,9H2,1-2H3,(H,16,18,19). The van der Waals surface area contributed by atoms with Gasteiger partial charge in [0, 0.05) is 24.5 Å². The lowest BCUT2D eigenvalue weighted by Gasteiger charge is -2.07. The van der Waals surface area contributed by atoms with Gasteiger partial charge in [-0.3, -0.25) is 0 Å². The molecular formula is C14H17ClN4S. The molecule has 0 spiro atoms. The van der Waals surface area contributed by atoms with Crippen LogP contribution in [0.2, 0.25) is 5.02 Å². The Bertz CT molecular complexity index is 577. The van der Waals surface area contributed by atoms with Crippen LogP contribution < -0.4 is 5.32 Å². The van der Waals surface area contributed by atoms with Gasteiger partial charge in [0.15, 0.2) is 0 Å². The van der Waals surface area contributed by atoms with Crippen LogP contribution in [-0.2, 0) is 5.75 Å². The molecule has 0 aliphatic rings. The zero-order chi connectivity index (χ0) is 14.4. The molecule has 2 heterocycles. The second kappa shape index (κ2) is 7.45. The van der Waals surface area contributed by atoms with Crippen molar-refractivity contribution < 1.29 is 0 Å². The number of rotatable bonds is 6. The van der Waals surface area contributed by atoms with Crippen molar-refractivity contribution in [2.45, 2.75) is 31.0 Å². The normalized spacial score (nSPS) is 10.6. The molecular weight excluding hydrogens is 292 g/mol. The molecule has 6 heteroatoms. The van der Waals surface area contributed by atoms with Gasteiger partial charge in [0.05, 0.1) is 10.8 Å². The molecule has 20 heavy (non-hydrogen) atoms. The minimum atomic E-state index is 0.652. The lowest BCUT2D eigenvalue weighted by atomic mass is 10.4. The molecule has 0 aromatic carbocycles. The molecule has 0 amide bonds. The number of nitrogens with zero attached hydrogens (tertiary/aromatic N) is 3. The zero-order valence-electron chi connectivity index (χ0n) is 11.6. The number of aromatic nitrogens is 3. The Morgan fingerprint density at radius 2 is 2.20 bits per heavy atom. The maximum absolute atomic E-state index is 6.09. The molecule has 2 rings (SSSR count). The molecule has 0 aliphatic carbocycles. The Morgan fingerprint density at radius 3 is 2.95 bits per heavy atom.